The van der Waals surface area contributed by atoms with Crippen LogP contribution in [0.5, 0.6) is 0 Å². The molecule has 10 heteroatoms. The highest BCUT2D eigenvalue weighted by Gasteiger charge is 2.33. The molecule has 0 radical (unpaired) electrons. The van der Waals surface area contributed by atoms with E-state index < -0.39 is 35.6 Å². The Balaban J connectivity index is 2.48. The molecule has 1 atom stereocenters. The van der Waals surface area contributed by atoms with Crippen molar-refractivity contribution < 1.29 is 18.0 Å². The lowest BCUT2D eigenvalue weighted by molar-refractivity contribution is -0.141. The summed E-state index contributed by atoms with van der Waals surface area (Å²) in [5.74, 6) is -0.524. The Morgan fingerprint density at radius 2 is 1.96 bits per heavy atom. The van der Waals surface area contributed by atoms with Gasteiger partial charge in [0.2, 0.25) is 5.91 Å². The van der Waals surface area contributed by atoms with E-state index in [-0.39, 0.29) is 17.1 Å². The highest BCUT2D eigenvalue weighted by molar-refractivity contribution is 5.77. The van der Waals surface area contributed by atoms with E-state index in [0.717, 1.165) is 23.5 Å². The number of nitrogens with zero attached hydrogens (tertiary/aromatic N) is 3. The van der Waals surface area contributed by atoms with Crippen LogP contribution in [0.15, 0.2) is 21.7 Å². The van der Waals surface area contributed by atoms with Crippen LogP contribution in [0.2, 0.25) is 0 Å². The van der Waals surface area contributed by atoms with Crippen molar-refractivity contribution in [2.24, 2.45) is 7.05 Å². The van der Waals surface area contributed by atoms with Gasteiger partial charge in [0.25, 0.3) is 5.56 Å². The van der Waals surface area contributed by atoms with Crippen LogP contribution in [-0.4, -0.2) is 26.1 Å². The highest BCUT2D eigenvalue weighted by atomic mass is 19.4. The summed E-state index contributed by atoms with van der Waals surface area (Å²) < 4.78 is 39.9. The van der Waals surface area contributed by atoms with Crippen molar-refractivity contribution in [2.45, 2.75) is 45.5 Å². The molecule has 0 aliphatic rings. The minimum Gasteiger partial charge on any atom is -0.352 e. The normalized spacial score (nSPS) is 13.0. The van der Waals surface area contributed by atoms with Gasteiger partial charge in [0.1, 0.15) is 17.9 Å². The van der Waals surface area contributed by atoms with Crippen molar-refractivity contribution in [1.29, 1.82) is 0 Å². The summed E-state index contributed by atoms with van der Waals surface area (Å²) in [5.41, 5.74) is -3.36. The molecule has 0 spiro atoms. The highest BCUT2D eigenvalue weighted by Crippen LogP contribution is 2.28. The number of aryl methyl sites for hydroxylation is 1. The van der Waals surface area contributed by atoms with Crippen LogP contribution >= 0.6 is 0 Å². The second-order valence-electron chi connectivity index (χ2n) is 6.06. The minimum atomic E-state index is -4.70. The van der Waals surface area contributed by atoms with E-state index in [4.69, 9.17) is 0 Å². The van der Waals surface area contributed by atoms with Gasteiger partial charge in [-0.25, -0.2) is 9.78 Å². The predicted molar refractivity (Wildman–Crippen MR) is 88.8 cm³/mol. The van der Waals surface area contributed by atoms with Crippen LogP contribution in [0.25, 0.3) is 11.0 Å². The third-order valence-electron chi connectivity index (χ3n) is 3.91. The quantitative estimate of drug-likeness (QED) is 0.860. The maximum atomic E-state index is 12.8. The molecule has 142 valence electrons. The van der Waals surface area contributed by atoms with Gasteiger partial charge in [-0.2, -0.15) is 13.2 Å². The maximum Gasteiger partial charge on any atom is 0.433 e. The molecule has 1 N–H and O–H groups in total. The van der Waals surface area contributed by atoms with Crippen molar-refractivity contribution >= 4 is 16.9 Å². The summed E-state index contributed by atoms with van der Waals surface area (Å²) >= 11 is 0. The zero-order valence-electron chi connectivity index (χ0n) is 14.6. The first-order chi connectivity index (χ1) is 12.1. The number of amides is 1. The number of halogens is 3. The van der Waals surface area contributed by atoms with E-state index in [1.54, 1.807) is 6.92 Å². The first-order valence-corrected chi connectivity index (χ1v) is 8.03. The Bertz CT molecular complexity index is 947. The van der Waals surface area contributed by atoms with Gasteiger partial charge < -0.3 is 5.32 Å². The molecule has 1 amide bonds. The van der Waals surface area contributed by atoms with Crippen molar-refractivity contribution in [3.63, 3.8) is 0 Å². The third-order valence-corrected chi connectivity index (χ3v) is 3.91. The number of fused-ring (bicyclic) bond motifs is 1. The second-order valence-corrected chi connectivity index (χ2v) is 6.06. The Labute approximate surface area is 146 Å². The van der Waals surface area contributed by atoms with Crippen molar-refractivity contribution in [3.05, 3.63) is 38.7 Å². The molecule has 0 bridgehead atoms. The van der Waals surface area contributed by atoms with Crippen LogP contribution in [0, 0.1) is 0 Å². The number of pyridine rings is 1. The van der Waals surface area contributed by atoms with Gasteiger partial charge in [-0.05, 0) is 25.5 Å². The molecule has 0 aromatic carbocycles. The number of hydrogen-bond acceptors (Lipinski definition) is 4. The minimum absolute atomic E-state index is 0.122. The predicted octanol–water partition coefficient (Wildman–Crippen LogP) is 1.42. The first-order valence-electron chi connectivity index (χ1n) is 8.03. The van der Waals surface area contributed by atoms with E-state index in [2.05, 4.69) is 10.3 Å². The Morgan fingerprint density at radius 3 is 2.54 bits per heavy atom. The number of aromatic nitrogens is 3. The molecule has 2 heterocycles. The lowest BCUT2D eigenvalue weighted by atomic mass is 10.2. The van der Waals surface area contributed by atoms with E-state index in [9.17, 15) is 27.6 Å². The van der Waals surface area contributed by atoms with Gasteiger partial charge in [0.05, 0.1) is 5.39 Å². The summed E-state index contributed by atoms with van der Waals surface area (Å²) in [6, 6.07) is 1.51. The molecule has 2 aromatic heterocycles. The van der Waals surface area contributed by atoms with Crippen molar-refractivity contribution in [2.75, 3.05) is 0 Å². The lowest BCUT2D eigenvalue weighted by Gasteiger charge is -2.14. The monoisotopic (exact) mass is 372 g/mol. The van der Waals surface area contributed by atoms with E-state index in [1.807, 2.05) is 6.92 Å². The molecule has 0 aliphatic carbocycles. The molecule has 0 aliphatic heterocycles. The molecule has 2 rings (SSSR count). The van der Waals surface area contributed by atoms with E-state index in [1.165, 1.54) is 7.05 Å². The van der Waals surface area contributed by atoms with E-state index >= 15 is 0 Å². The van der Waals surface area contributed by atoms with Gasteiger partial charge >= 0.3 is 11.9 Å². The Morgan fingerprint density at radius 1 is 1.31 bits per heavy atom. The summed E-state index contributed by atoms with van der Waals surface area (Å²) in [5, 5.41) is 2.50. The second kappa shape index (κ2) is 7.30. The fourth-order valence-electron chi connectivity index (χ4n) is 2.64. The number of alkyl halides is 3. The Kier molecular flexibility index (Phi) is 5.53. The average molecular weight is 372 g/mol. The van der Waals surface area contributed by atoms with E-state index in [0.29, 0.717) is 10.6 Å². The van der Waals surface area contributed by atoms with Gasteiger partial charge in [-0.1, -0.05) is 13.3 Å². The standard InChI is InChI=1S/C16H19F3N4O3/c1-4-5-9(2)20-12(24)8-23-14(25)10-6-7-11(16(17,18)19)21-13(10)22(3)15(23)26/h6-7,9H,4-5,8H2,1-3H3,(H,20,24). The molecule has 2 aromatic rings. The lowest BCUT2D eigenvalue weighted by Crippen LogP contribution is -2.45. The van der Waals surface area contributed by atoms with Crippen LogP contribution in [0.1, 0.15) is 32.4 Å². The number of carbonyl (C=O) groups excluding carboxylic acids is 1. The fraction of sp³-hybridized carbons (Fsp3) is 0.500. The summed E-state index contributed by atoms with van der Waals surface area (Å²) in [6.07, 6.45) is -3.11. The smallest absolute Gasteiger partial charge is 0.352 e. The molecule has 1 unspecified atom stereocenters. The van der Waals surface area contributed by atoms with Gasteiger partial charge in [0, 0.05) is 13.1 Å². The number of nitrogens with one attached hydrogen (secondary N) is 1. The third kappa shape index (κ3) is 3.94. The van der Waals surface area contributed by atoms with Crippen molar-refractivity contribution in [3.8, 4) is 0 Å². The van der Waals surface area contributed by atoms with Gasteiger partial charge in [-0.15, -0.1) is 0 Å². The van der Waals surface area contributed by atoms with Crippen LogP contribution in [0.4, 0.5) is 13.2 Å². The number of rotatable bonds is 5. The van der Waals surface area contributed by atoms with Crippen LogP contribution in [0.3, 0.4) is 0 Å². The zero-order chi connectivity index (χ0) is 19.6. The average Bonchev–Trinajstić information content (AvgIpc) is 2.55. The summed E-state index contributed by atoms with van der Waals surface area (Å²) in [7, 11) is 1.20. The largest absolute Gasteiger partial charge is 0.433 e. The molecular formula is C16H19F3N4O3. The SMILES string of the molecule is CCCC(C)NC(=O)Cn1c(=O)c2ccc(C(F)(F)F)nc2n(C)c1=O. The van der Waals surface area contributed by atoms with Crippen LogP contribution < -0.4 is 16.6 Å². The molecule has 0 saturated heterocycles. The molecule has 26 heavy (non-hydrogen) atoms. The number of hydrogen-bond donors (Lipinski definition) is 1. The summed E-state index contributed by atoms with van der Waals surface area (Å²) in [6.45, 7) is 3.23. The fourth-order valence-corrected chi connectivity index (χ4v) is 2.64. The topological polar surface area (TPSA) is 86.0 Å². The maximum absolute atomic E-state index is 12.8. The number of carbonyl (C=O) groups is 1. The zero-order valence-corrected chi connectivity index (χ0v) is 14.6. The van der Waals surface area contributed by atoms with Gasteiger partial charge in [0.15, 0.2) is 0 Å². The Hall–Kier alpha value is -2.65. The summed E-state index contributed by atoms with van der Waals surface area (Å²) in [4.78, 5) is 40.2. The molecule has 7 nitrogen and oxygen atoms in total. The van der Waals surface area contributed by atoms with Crippen molar-refractivity contribution in [1.82, 2.24) is 19.4 Å². The van der Waals surface area contributed by atoms with Gasteiger partial charge in [-0.3, -0.25) is 18.7 Å². The first kappa shape index (κ1) is 19.7. The molecular weight excluding hydrogens is 353 g/mol. The molecule has 0 fully saturated rings. The molecule has 0 saturated carbocycles. The van der Waals surface area contributed by atoms with Crippen LogP contribution in [-0.2, 0) is 24.6 Å².